The number of carbonyl (C=O) groups is 1. The second kappa shape index (κ2) is 13.4. The van der Waals surface area contributed by atoms with Crippen molar-refractivity contribution in [3.63, 3.8) is 0 Å². The molecule has 0 spiro atoms. The predicted octanol–water partition coefficient (Wildman–Crippen LogP) is 4.17. The lowest BCUT2D eigenvalue weighted by atomic mass is 10.2. The van der Waals surface area contributed by atoms with Crippen LogP contribution in [0, 0.1) is 6.92 Å². The monoisotopic (exact) mass is 658 g/mol. The summed E-state index contributed by atoms with van der Waals surface area (Å²) in [7, 11) is -7.72. The molecule has 0 bridgehead atoms. The van der Waals surface area contributed by atoms with E-state index in [1.165, 1.54) is 30.5 Å². The molecule has 1 heterocycles. The number of sulfonamides is 2. The van der Waals surface area contributed by atoms with Gasteiger partial charge in [-0.1, -0.05) is 64.0 Å². The van der Waals surface area contributed by atoms with Gasteiger partial charge in [0.15, 0.2) is 0 Å². The van der Waals surface area contributed by atoms with Crippen molar-refractivity contribution in [3.8, 4) is 0 Å². The zero-order chi connectivity index (χ0) is 29.5. The average molecular weight is 660 g/mol. The van der Waals surface area contributed by atoms with Crippen molar-refractivity contribution in [1.82, 2.24) is 14.5 Å². The summed E-state index contributed by atoms with van der Waals surface area (Å²) in [6.45, 7) is 1.29. The second-order valence-corrected chi connectivity index (χ2v) is 13.6. The van der Waals surface area contributed by atoms with E-state index in [0.717, 1.165) is 14.3 Å². The molecular formula is C28H27BrN4O6S2. The van der Waals surface area contributed by atoms with Crippen molar-refractivity contribution in [2.45, 2.75) is 29.8 Å². The Bertz CT molecular complexity index is 1720. The third-order valence-corrected chi connectivity index (χ3v) is 9.56. The number of nitrogens with one attached hydrogen (secondary N) is 2. The fourth-order valence-electron chi connectivity index (χ4n) is 3.66. The van der Waals surface area contributed by atoms with Crippen LogP contribution < -0.4 is 10.1 Å². The van der Waals surface area contributed by atoms with Gasteiger partial charge in [0.05, 0.1) is 29.1 Å². The summed E-state index contributed by atoms with van der Waals surface area (Å²) in [6.07, 6.45) is 1.24. The van der Waals surface area contributed by atoms with Crippen LogP contribution in [-0.4, -0.2) is 39.8 Å². The Kier molecular flexibility index (Phi) is 9.89. The quantitative estimate of drug-likeness (QED) is 0.173. The molecule has 0 aliphatic heterocycles. The lowest BCUT2D eigenvalue weighted by molar-refractivity contribution is -0.121. The van der Waals surface area contributed by atoms with Gasteiger partial charge in [-0.15, -0.1) is 0 Å². The number of carbonyl (C=O) groups excluding carboxylic acids is 1. The molecule has 1 aromatic heterocycles. The number of aryl methyl sites for hydroxylation is 1. The molecule has 4 aromatic rings. The van der Waals surface area contributed by atoms with Gasteiger partial charge in [0.25, 0.3) is 5.91 Å². The van der Waals surface area contributed by atoms with Gasteiger partial charge in [-0.3, -0.25) is 4.79 Å². The fraction of sp³-hybridized carbons (Fsp3) is 0.143. The lowest BCUT2D eigenvalue weighted by Gasteiger charge is -2.21. The number of nitrogens with zero attached hydrogens (tertiary/aromatic N) is 2. The molecule has 0 aliphatic carbocycles. The van der Waals surface area contributed by atoms with Gasteiger partial charge >= 0.3 is 0 Å². The zero-order valence-electron chi connectivity index (χ0n) is 21.9. The maximum atomic E-state index is 13.3. The summed E-state index contributed by atoms with van der Waals surface area (Å²) in [5.41, 5.74) is 3.98. The highest BCUT2D eigenvalue weighted by Gasteiger charge is 2.27. The lowest BCUT2D eigenvalue weighted by Crippen LogP contribution is -2.39. The molecule has 13 heteroatoms. The number of halogens is 1. The molecule has 0 radical (unpaired) electrons. The van der Waals surface area contributed by atoms with Crippen molar-refractivity contribution in [2.24, 2.45) is 5.10 Å². The van der Waals surface area contributed by atoms with Crippen LogP contribution in [-0.2, 0) is 37.9 Å². The van der Waals surface area contributed by atoms with Crippen molar-refractivity contribution in [2.75, 3.05) is 6.54 Å². The minimum atomic E-state index is -4.00. The first-order valence-electron chi connectivity index (χ1n) is 12.3. The largest absolute Gasteiger partial charge is 0.459 e. The first-order chi connectivity index (χ1) is 19.5. The Hall–Kier alpha value is -3.62. The zero-order valence-corrected chi connectivity index (χ0v) is 25.1. The van der Waals surface area contributed by atoms with E-state index in [0.29, 0.717) is 11.3 Å². The molecule has 214 valence electrons. The van der Waals surface area contributed by atoms with Crippen LogP contribution in [0.5, 0.6) is 0 Å². The van der Waals surface area contributed by atoms with Crippen molar-refractivity contribution in [3.05, 3.63) is 118 Å². The second-order valence-electron chi connectivity index (χ2n) is 8.95. The molecule has 0 unspecified atom stereocenters. The number of amides is 1. The highest BCUT2D eigenvalue weighted by molar-refractivity contribution is 9.10. The fourth-order valence-corrected chi connectivity index (χ4v) is 6.30. The number of hydrogen-bond acceptors (Lipinski definition) is 7. The third-order valence-electron chi connectivity index (χ3n) is 5.80. The van der Waals surface area contributed by atoms with Gasteiger partial charge in [-0.2, -0.15) is 9.41 Å². The van der Waals surface area contributed by atoms with Crippen LogP contribution in [0.2, 0.25) is 0 Å². The van der Waals surface area contributed by atoms with Crippen molar-refractivity contribution < 1.29 is 26.0 Å². The van der Waals surface area contributed by atoms with Crippen LogP contribution in [0.4, 0.5) is 0 Å². The van der Waals surface area contributed by atoms with Crippen LogP contribution in [0.1, 0.15) is 22.6 Å². The van der Waals surface area contributed by atoms with Gasteiger partial charge in [-0.05, 0) is 61.0 Å². The van der Waals surface area contributed by atoms with Crippen LogP contribution >= 0.6 is 15.9 Å². The SMILES string of the molecule is Cc1ccc(S(=O)(=O)NCc2ccc(/C=N\NC(=O)CN(Cc3ccccc3)S(=O)(=O)c3ccc(Br)cc3)o2)cc1. The Morgan fingerprint density at radius 2 is 1.56 bits per heavy atom. The smallest absolute Gasteiger partial charge is 0.255 e. The molecule has 0 fully saturated rings. The van der Waals surface area contributed by atoms with E-state index in [1.54, 1.807) is 60.7 Å². The molecule has 3 aromatic carbocycles. The van der Waals surface area contributed by atoms with Crippen LogP contribution in [0.15, 0.2) is 115 Å². The molecule has 1 amide bonds. The van der Waals surface area contributed by atoms with Gasteiger partial charge < -0.3 is 4.42 Å². The number of hydrogen-bond donors (Lipinski definition) is 2. The Balaban J connectivity index is 1.37. The molecule has 0 atom stereocenters. The standard InChI is InChI=1S/C28H27BrN4O6S2/c1-21-7-13-26(14-8-21)40(35,36)31-18-25-12-11-24(39-25)17-30-32-28(34)20-33(19-22-5-3-2-4-6-22)41(37,38)27-15-9-23(29)10-16-27/h2-17,31H,18-20H2,1H3,(H,32,34)/b30-17-. The Morgan fingerprint density at radius 1 is 0.902 bits per heavy atom. The first-order valence-corrected chi connectivity index (χ1v) is 16.0. The van der Waals surface area contributed by atoms with E-state index in [1.807, 2.05) is 13.0 Å². The minimum Gasteiger partial charge on any atom is -0.459 e. The summed E-state index contributed by atoms with van der Waals surface area (Å²) in [4.78, 5) is 12.9. The number of benzene rings is 3. The molecule has 10 nitrogen and oxygen atoms in total. The average Bonchev–Trinajstić information content (AvgIpc) is 3.40. The van der Waals surface area contributed by atoms with Crippen molar-refractivity contribution in [1.29, 1.82) is 0 Å². The van der Waals surface area contributed by atoms with E-state index < -0.39 is 32.5 Å². The van der Waals surface area contributed by atoms with Gasteiger partial charge in [-0.25, -0.2) is 27.0 Å². The maximum absolute atomic E-state index is 13.3. The number of rotatable bonds is 12. The summed E-state index contributed by atoms with van der Waals surface area (Å²) in [5.74, 6) is -0.0583. The van der Waals surface area contributed by atoms with E-state index in [2.05, 4.69) is 31.2 Å². The van der Waals surface area contributed by atoms with Crippen LogP contribution in [0.3, 0.4) is 0 Å². The molecule has 4 rings (SSSR count). The van der Waals surface area contributed by atoms with Gasteiger partial charge in [0, 0.05) is 11.0 Å². The van der Waals surface area contributed by atoms with E-state index in [9.17, 15) is 21.6 Å². The molecule has 41 heavy (non-hydrogen) atoms. The van der Waals surface area contributed by atoms with Crippen LogP contribution in [0.25, 0.3) is 0 Å². The summed E-state index contributed by atoms with van der Waals surface area (Å²) >= 11 is 3.30. The Morgan fingerprint density at radius 3 is 2.24 bits per heavy atom. The van der Waals surface area contributed by atoms with Gasteiger partial charge in [0.2, 0.25) is 20.0 Å². The molecular weight excluding hydrogens is 632 g/mol. The molecule has 0 aliphatic rings. The van der Waals surface area contributed by atoms with E-state index >= 15 is 0 Å². The maximum Gasteiger partial charge on any atom is 0.255 e. The molecule has 0 saturated carbocycles. The highest BCUT2D eigenvalue weighted by Crippen LogP contribution is 2.21. The molecule has 2 N–H and O–H groups in total. The number of furan rings is 1. The summed E-state index contributed by atoms with van der Waals surface area (Å²) in [6, 6.07) is 24.7. The van der Waals surface area contributed by atoms with E-state index in [4.69, 9.17) is 4.42 Å². The number of hydrazone groups is 1. The predicted molar refractivity (Wildman–Crippen MR) is 158 cm³/mol. The highest BCUT2D eigenvalue weighted by atomic mass is 79.9. The van der Waals surface area contributed by atoms with Crippen molar-refractivity contribution >= 4 is 48.1 Å². The summed E-state index contributed by atoms with van der Waals surface area (Å²) < 4.78 is 61.5. The topological polar surface area (TPSA) is 138 Å². The summed E-state index contributed by atoms with van der Waals surface area (Å²) in [5, 5.41) is 3.86. The molecule has 0 saturated heterocycles. The Labute approximate surface area is 247 Å². The first kappa shape index (κ1) is 30.3. The van der Waals surface area contributed by atoms with Gasteiger partial charge in [0.1, 0.15) is 11.5 Å². The third kappa shape index (κ3) is 8.44. The van der Waals surface area contributed by atoms with E-state index in [-0.39, 0.29) is 28.6 Å². The normalized spacial score (nSPS) is 12.2. The minimum absolute atomic E-state index is 0.0174.